The van der Waals surface area contributed by atoms with Crippen molar-refractivity contribution in [2.45, 2.75) is 0 Å². The normalized spacial score (nSPS) is 6.00. The molecule has 4 heavy (non-hydrogen) atoms. The van der Waals surface area contributed by atoms with Gasteiger partial charge in [0, 0.05) is 5.58 Å². The molecule has 0 rings (SSSR count). The highest BCUT2D eigenvalue weighted by Crippen LogP contribution is 1.40. The minimum Gasteiger partial charge on any atom is -0.324 e. The van der Waals surface area contributed by atoms with Gasteiger partial charge in [0.05, 0.1) is 0 Å². The molecule has 0 aromatic rings. The molecule has 0 aliphatic heterocycles. The Kier molecular flexibility index (Phi) is 1.10. The van der Waals surface area contributed by atoms with E-state index in [9.17, 15) is 4.79 Å². The summed E-state index contributed by atoms with van der Waals surface area (Å²) in [4.78, 5) is 9.44. The van der Waals surface area contributed by atoms with Gasteiger partial charge in [0.2, 0.25) is 0 Å². The van der Waals surface area contributed by atoms with Gasteiger partial charge in [-0.3, -0.25) is 0 Å². The standard InChI is InChI=1S/CH4B2O/c2-1(3)4/h2-3H2. The van der Waals surface area contributed by atoms with Crippen molar-refractivity contribution in [2.75, 3.05) is 0 Å². The molecule has 0 saturated carbocycles. The third kappa shape index (κ3) is 28.8. The molecule has 0 atom stereocenters. The first-order valence-corrected chi connectivity index (χ1v) is 1.20. The zero-order chi connectivity index (χ0) is 3.58. The van der Waals surface area contributed by atoms with Crippen LogP contribution in [-0.2, 0) is 0 Å². The second-order valence-electron chi connectivity index (χ2n) is 0.908. The van der Waals surface area contributed by atoms with Gasteiger partial charge in [-0.2, -0.15) is 0 Å². The first kappa shape index (κ1) is 3.80. The van der Waals surface area contributed by atoms with Gasteiger partial charge in [0.15, 0.2) is 15.7 Å². The molecule has 0 bridgehead atoms. The van der Waals surface area contributed by atoms with E-state index in [1.807, 2.05) is 0 Å². The minimum absolute atomic E-state index is 0.167. The number of rotatable bonds is 0. The van der Waals surface area contributed by atoms with Gasteiger partial charge in [-0.25, -0.2) is 0 Å². The Morgan fingerprint density at radius 1 is 1.50 bits per heavy atom. The van der Waals surface area contributed by atoms with Crippen LogP contribution in [0.2, 0.25) is 0 Å². The fraction of sp³-hybridized carbons (Fsp3) is 0. The summed E-state index contributed by atoms with van der Waals surface area (Å²) in [7, 11) is 3.06. The average molecular weight is 53.7 g/mol. The summed E-state index contributed by atoms with van der Waals surface area (Å²) in [6.45, 7) is 0. The third-order valence-corrected chi connectivity index (χ3v) is 0. The monoisotopic (exact) mass is 54.0 g/mol. The third-order valence-electron chi connectivity index (χ3n) is 0. The molecule has 0 heterocycles. The minimum atomic E-state index is 0.167. The Bertz CT molecular complexity index is 29.0. The highest BCUT2D eigenvalue weighted by atomic mass is 16.1. The van der Waals surface area contributed by atoms with E-state index in [4.69, 9.17) is 0 Å². The zero-order valence-electron chi connectivity index (χ0n) is 2.91. The molecule has 0 spiro atoms. The van der Waals surface area contributed by atoms with Gasteiger partial charge >= 0.3 is 0 Å². The lowest BCUT2D eigenvalue weighted by Crippen LogP contribution is -1.85. The molecule has 0 aromatic carbocycles. The van der Waals surface area contributed by atoms with Crippen LogP contribution in [-0.4, -0.2) is 21.3 Å². The van der Waals surface area contributed by atoms with Crippen LogP contribution in [0, 0.1) is 0 Å². The van der Waals surface area contributed by atoms with Gasteiger partial charge < -0.3 is 4.79 Å². The summed E-state index contributed by atoms with van der Waals surface area (Å²) in [6.07, 6.45) is 0. The van der Waals surface area contributed by atoms with Crippen molar-refractivity contribution in [2.24, 2.45) is 0 Å². The van der Waals surface area contributed by atoms with E-state index in [1.54, 1.807) is 0 Å². The molecule has 0 N–H and O–H groups in total. The van der Waals surface area contributed by atoms with Crippen molar-refractivity contribution >= 4 is 21.3 Å². The summed E-state index contributed by atoms with van der Waals surface area (Å²) >= 11 is 0. The largest absolute Gasteiger partial charge is 0.324 e. The van der Waals surface area contributed by atoms with E-state index in [-0.39, 0.29) is 5.58 Å². The van der Waals surface area contributed by atoms with Gasteiger partial charge in [-0.15, -0.1) is 0 Å². The summed E-state index contributed by atoms with van der Waals surface area (Å²) in [5.74, 6) is 0. The molecule has 1 nitrogen and oxygen atoms in total. The summed E-state index contributed by atoms with van der Waals surface area (Å²) < 4.78 is 0. The predicted molar refractivity (Wildman–Crippen MR) is 22.5 cm³/mol. The first-order valence-electron chi connectivity index (χ1n) is 1.20. The summed E-state index contributed by atoms with van der Waals surface area (Å²) in [5, 5.41) is 0. The molecule has 0 saturated heterocycles. The Balaban J connectivity index is 2.80. The maximum absolute atomic E-state index is 9.44. The van der Waals surface area contributed by atoms with Crippen LogP contribution in [0.25, 0.3) is 0 Å². The molecule has 20 valence electrons. The predicted octanol–water partition coefficient (Wildman–Crippen LogP) is -1.63. The Morgan fingerprint density at radius 3 is 1.50 bits per heavy atom. The maximum atomic E-state index is 9.44. The lowest BCUT2D eigenvalue weighted by atomic mass is 9.85. The van der Waals surface area contributed by atoms with E-state index in [1.165, 1.54) is 15.7 Å². The van der Waals surface area contributed by atoms with Gasteiger partial charge in [0.1, 0.15) is 0 Å². The topological polar surface area (TPSA) is 17.1 Å². The first-order chi connectivity index (χ1) is 1.73. The van der Waals surface area contributed by atoms with Crippen molar-refractivity contribution in [3.8, 4) is 0 Å². The summed E-state index contributed by atoms with van der Waals surface area (Å²) in [5.41, 5.74) is 0.167. The van der Waals surface area contributed by atoms with Crippen LogP contribution in [0.1, 0.15) is 0 Å². The van der Waals surface area contributed by atoms with Crippen LogP contribution in [0.3, 0.4) is 0 Å². The molecule has 0 aliphatic rings. The van der Waals surface area contributed by atoms with E-state index in [0.29, 0.717) is 0 Å². The molecular weight excluding hydrogens is 49.6 g/mol. The van der Waals surface area contributed by atoms with E-state index < -0.39 is 0 Å². The molecular formula is CH4B2O. The highest BCUT2D eigenvalue weighted by molar-refractivity contribution is 6.87. The highest BCUT2D eigenvalue weighted by Gasteiger charge is 1.65. The quantitative estimate of drug-likeness (QED) is 0.303. The number of carbonyl (C=O) groups excluding carboxylic acids is 1. The maximum Gasteiger partial charge on any atom is 0.172 e. The van der Waals surface area contributed by atoms with E-state index in [0.717, 1.165) is 0 Å². The molecule has 0 radical (unpaired) electrons. The number of hydrogen-bond acceptors (Lipinski definition) is 1. The van der Waals surface area contributed by atoms with E-state index >= 15 is 0 Å². The fourth-order valence-electron chi connectivity index (χ4n) is 0. The Labute approximate surface area is 27.2 Å². The zero-order valence-corrected chi connectivity index (χ0v) is 2.91. The van der Waals surface area contributed by atoms with Crippen molar-refractivity contribution in [3.05, 3.63) is 0 Å². The van der Waals surface area contributed by atoms with E-state index in [2.05, 4.69) is 0 Å². The van der Waals surface area contributed by atoms with Crippen LogP contribution >= 0.6 is 0 Å². The number of carbonyl (C=O) groups is 1. The van der Waals surface area contributed by atoms with Gasteiger partial charge in [-0.1, -0.05) is 0 Å². The SMILES string of the molecule is BC(B)=O. The lowest BCUT2D eigenvalue weighted by Gasteiger charge is -1.54. The smallest absolute Gasteiger partial charge is 0.172 e. The van der Waals surface area contributed by atoms with Crippen molar-refractivity contribution in [3.63, 3.8) is 0 Å². The van der Waals surface area contributed by atoms with Gasteiger partial charge in [-0.05, 0) is 0 Å². The Morgan fingerprint density at radius 2 is 1.50 bits per heavy atom. The molecule has 0 unspecified atom stereocenters. The van der Waals surface area contributed by atoms with Crippen molar-refractivity contribution in [1.29, 1.82) is 0 Å². The fourth-order valence-corrected chi connectivity index (χ4v) is 0. The van der Waals surface area contributed by atoms with Crippen LogP contribution in [0.5, 0.6) is 0 Å². The molecule has 0 aromatic heterocycles. The summed E-state index contributed by atoms with van der Waals surface area (Å²) in [6, 6.07) is 0. The van der Waals surface area contributed by atoms with Crippen molar-refractivity contribution < 1.29 is 4.79 Å². The Hall–Kier alpha value is -0.200. The molecule has 0 amide bonds. The second kappa shape index (κ2) is 1.16. The number of hydrogen-bond donors (Lipinski definition) is 0. The van der Waals surface area contributed by atoms with Crippen LogP contribution in [0.15, 0.2) is 0 Å². The van der Waals surface area contributed by atoms with Gasteiger partial charge in [0.25, 0.3) is 0 Å². The van der Waals surface area contributed by atoms with Crippen LogP contribution in [0.4, 0.5) is 4.79 Å². The van der Waals surface area contributed by atoms with Crippen LogP contribution < -0.4 is 0 Å². The molecule has 0 fully saturated rings. The lowest BCUT2D eigenvalue weighted by molar-refractivity contribution is 0.275. The van der Waals surface area contributed by atoms with Crippen molar-refractivity contribution in [1.82, 2.24) is 0 Å². The average Bonchev–Trinajstić information content (AvgIpc) is 0.811. The molecule has 0 aliphatic carbocycles. The second-order valence-corrected chi connectivity index (χ2v) is 0.908. The molecule has 3 heteroatoms.